The molecule has 0 saturated carbocycles. The lowest BCUT2D eigenvalue weighted by molar-refractivity contribution is 0.447. The van der Waals surface area contributed by atoms with Crippen LogP contribution in [0.25, 0.3) is 4.85 Å². The molecule has 13 heavy (non-hydrogen) atoms. The van der Waals surface area contributed by atoms with E-state index in [9.17, 15) is 5.11 Å². The molecular formula is C11H13NO. The maximum absolute atomic E-state index is 9.56. The highest BCUT2D eigenvalue weighted by Crippen LogP contribution is 2.33. The molecule has 1 rings (SSSR count). The van der Waals surface area contributed by atoms with Crippen molar-refractivity contribution < 1.29 is 5.11 Å². The van der Waals surface area contributed by atoms with Crippen LogP contribution in [0, 0.1) is 6.57 Å². The van der Waals surface area contributed by atoms with Crippen molar-refractivity contribution in [3.8, 4) is 5.75 Å². The van der Waals surface area contributed by atoms with Crippen LogP contribution in [0.3, 0.4) is 0 Å². The molecule has 68 valence electrons. The quantitative estimate of drug-likeness (QED) is 0.601. The van der Waals surface area contributed by atoms with Gasteiger partial charge in [0.25, 0.3) is 0 Å². The van der Waals surface area contributed by atoms with E-state index in [0.717, 1.165) is 5.56 Å². The molecule has 0 spiro atoms. The molecule has 0 aliphatic carbocycles. The lowest BCUT2D eigenvalue weighted by Gasteiger charge is -2.20. The molecule has 0 unspecified atom stereocenters. The molecule has 0 aliphatic heterocycles. The van der Waals surface area contributed by atoms with Crippen LogP contribution < -0.4 is 0 Å². The van der Waals surface area contributed by atoms with Crippen LogP contribution in [0.2, 0.25) is 0 Å². The highest BCUT2D eigenvalue weighted by Gasteiger charge is 2.17. The minimum Gasteiger partial charge on any atom is -0.508 e. The van der Waals surface area contributed by atoms with Crippen molar-refractivity contribution in [2.75, 3.05) is 0 Å². The Balaban J connectivity index is 3.29. The normalized spacial score (nSPS) is 10.9. The highest BCUT2D eigenvalue weighted by molar-refractivity contribution is 5.53. The van der Waals surface area contributed by atoms with Gasteiger partial charge in [0.15, 0.2) is 5.69 Å². The summed E-state index contributed by atoms with van der Waals surface area (Å²) >= 11 is 0. The van der Waals surface area contributed by atoms with E-state index >= 15 is 0 Å². The van der Waals surface area contributed by atoms with Crippen molar-refractivity contribution in [3.05, 3.63) is 35.2 Å². The Morgan fingerprint density at radius 3 is 2.38 bits per heavy atom. The third-order valence-electron chi connectivity index (χ3n) is 1.92. The summed E-state index contributed by atoms with van der Waals surface area (Å²) in [4.78, 5) is 3.32. The number of benzene rings is 1. The van der Waals surface area contributed by atoms with E-state index in [1.165, 1.54) is 0 Å². The maximum atomic E-state index is 9.56. The van der Waals surface area contributed by atoms with Crippen LogP contribution >= 0.6 is 0 Å². The zero-order valence-electron chi connectivity index (χ0n) is 8.13. The van der Waals surface area contributed by atoms with Gasteiger partial charge >= 0.3 is 0 Å². The van der Waals surface area contributed by atoms with Crippen molar-refractivity contribution in [1.82, 2.24) is 0 Å². The SMILES string of the molecule is [C-]#[N+]c1ccc(O)c(C(C)(C)C)c1. The Kier molecular flexibility index (Phi) is 2.29. The van der Waals surface area contributed by atoms with Gasteiger partial charge < -0.3 is 5.11 Å². The minimum atomic E-state index is -0.120. The zero-order chi connectivity index (χ0) is 10.1. The monoisotopic (exact) mass is 175 g/mol. The maximum Gasteiger partial charge on any atom is 0.187 e. The Labute approximate surface area is 78.7 Å². The predicted molar refractivity (Wildman–Crippen MR) is 53.1 cm³/mol. The molecule has 0 saturated heterocycles. The second-order valence-electron chi connectivity index (χ2n) is 4.06. The molecular weight excluding hydrogens is 162 g/mol. The van der Waals surface area contributed by atoms with Crippen LogP contribution in [0.4, 0.5) is 5.69 Å². The van der Waals surface area contributed by atoms with Crippen molar-refractivity contribution in [2.24, 2.45) is 0 Å². The number of hydrogen-bond acceptors (Lipinski definition) is 1. The van der Waals surface area contributed by atoms with Gasteiger partial charge in [0.05, 0.1) is 6.57 Å². The van der Waals surface area contributed by atoms with Gasteiger partial charge in [0, 0.05) is 0 Å². The first-order chi connectivity index (χ1) is 5.95. The average Bonchev–Trinajstić information content (AvgIpc) is 2.03. The van der Waals surface area contributed by atoms with E-state index in [0.29, 0.717) is 5.69 Å². The highest BCUT2D eigenvalue weighted by atomic mass is 16.3. The molecule has 2 nitrogen and oxygen atoms in total. The molecule has 1 aromatic carbocycles. The molecule has 0 aliphatic rings. The molecule has 0 heterocycles. The number of rotatable bonds is 0. The summed E-state index contributed by atoms with van der Waals surface area (Å²) in [6.07, 6.45) is 0. The van der Waals surface area contributed by atoms with E-state index < -0.39 is 0 Å². The Morgan fingerprint density at radius 1 is 1.31 bits per heavy atom. The van der Waals surface area contributed by atoms with Gasteiger partial charge in [-0.1, -0.05) is 26.8 Å². The molecule has 1 aromatic rings. The Morgan fingerprint density at radius 2 is 1.92 bits per heavy atom. The molecule has 0 bridgehead atoms. The summed E-state index contributed by atoms with van der Waals surface area (Å²) < 4.78 is 0. The minimum absolute atomic E-state index is 0.120. The number of phenolic OH excluding ortho intramolecular Hbond substituents is 1. The van der Waals surface area contributed by atoms with E-state index in [1.807, 2.05) is 20.8 Å². The summed E-state index contributed by atoms with van der Waals surface area (Å²) in [6.45, 7) is 12.9. The molecule has 2 heteroatoms. The van der Waals surface area contributed by atoms with Gasteiger partial charge in [-0.05, 0) is 23.1 Å². The Hall–Kier alpha value is -1.49. The van der Waals surface area contributed by atoms with E-state index in [-0.39, 0.29) is 11.2 Å². The van der Waals surface area contributed by atoms with Gasteiger partial charge in [-0.25, -0.2) is 4.85 Å². The summed E-state index contributed by atoms with van der Waals surface area (Å²) in [5, 5.41) is 9.56. The van der Waals surface area contributed by atoms with Crippen molar-refractivity contribution in [2.45, 2.75) is 26.2 Å². The van der Waals surface area contributed by atoms with Crippen LogP contribution in [0.15, 0.2) is 18.2 Å². The standard InChI is InChI=1S/C11H13NO/c1-11(2,3)9-7-8(12-4)5-6-10(9)13/h5-7,13H,1-3H3. The summed E-state index contributed by atoms with van der Waals surface area (Å²) in [7, 11) is 0. The lowest BCUT2D eigenvalue weighted by atomic mass is 9.86. The average molecular weight is 175 g/mol. The van der Waals surface area contributed by atoms with Crippen LogP contribution in [0.5, 0.6) is 5.75 Å². The van der Waals surface area contributed by atoms with Gasteiger partial charge in [-0.3, -0.25) is 0 Å². The smallest absolute Gasteiger partial charge is 0.187 e. The zero-order valence-corrected chi connectivity index (χ0v) is 8.13. The van der Waals surface area contributed by atoms with Crippen LogP contribution in [-0.4, -0.2) is 5.11 Å². The fourth-order valence-electron chi connectivity index (χ4n) is 1.19. The predicted octanol–water partition coefficient (Wildman–Crippen LogP) is 3.24. The van der Waals surface area contributed by atoms with Gasteiger partial charge in [0.2, 0.25) is 0 Å². The summed E-state index contributed by atoms with van der Waals surface area (Å²) in [5.74, 6) is 0.264. The Bertz CT molecular complexity index is 355. The van der Waals surface area contributed by atoms with Crippen molar-refractivity contribution in [1.29, 1.82) is 0 Å². The molecule has 0 aromatic heterocycles. The third kappa shape index (κ3) is 2.00. The fourth-order valence-corrected chi connectivity index (χ4v) is 1.19. The second kappa shape index (κ2) is 3.10. The lowest BCUT2D eigenvalue weighted by Crippen LogP contribution is -2.10. The fraction of sp³-hybridized carbons (Fsp3) is 0.364. The first-order valence-corrected chi connectivity index (χ1v) is 4.16. The van der Waals surface area contributed by atoms with E-state index in [1.54, 1.807) is 18.2 Å². The first kappa shape index (κ1) is 9.60. The van der Waals surface area contributed by atoms with Gasteiger partial charge in [-0.2, -0.15) is 0 Å². The topological polar surface area (TPSA) is 24.6 Å². The molecule has 1 N–H and O–H groups in total. The molecule has 0 atom stereocenters. The van der Waals surface area contributed by atoms with Crippen molar-refractivity contribution >= 4 is 5.69 Å². The number of nitrogens with zero attached hydrogens (tertiary/aromatic N) is 1. The van der Waals surface area contributed by atoms with Gasteiger partial charge in [-0.15, -0.1) is 0 Å². The van der Waals surface area contributed by atoms with Crippen LogP contribution in [0.1, 0.15) is 26.3 Å². The first-order valence-electron chi connectivity index (χ1n) is 4.16. The van der Waals surface area contributed by atoms with Crippen molar-refractivity contribution in [3.63, 3.8) is 0 Å². The van der Waals surface area contributed by atoms with E-state index in [4.69, 9.17) is 6.57 Å². The molecule has 0 radical (unpaired) electrons. The number of aromatic hydroxyl groups is 1. The molecule has 0 amide bonds. The number of phenols is 1. The summed E-state index contributed by atoms with van der Waals surface area (Å²) in [5.41, 5.74) is 1.27. The van der Waals surface area contributed by atoms with Crippen LogP contribution in [-0.2, 0) is 5.41 Å². The largest absolute Gasteiger partial charge is 0.508 e. The van der Waals surface area contributed by atoms with Gasteiger partial charge in [0.1, 0.15) is 5.75 Å². The second-order valence-corrected chi connectivity index (χ2v) is 4.06. The molecule has 0 fully saturated rings. The number of hydrogen-bond donors (Lipinski definition) is 1. The van der Waals surface area contributed by atoms with E-state index in [2.05, 4.69) is 4.85 Å². The summed E-state index contributed by atoms with van der Waals surface area (Å²) in [6, 6.07) is 4.94. The third-order valence-corrected chi connectivity index (χ3v) is 1.92.